The fraction of sp³-hybridized carbons (Fsp3) is 0.455. The number of nitrogens with one attached hydrogen (secondary N) is 2. The molecule has 2 N–H and O–H groups in total. The Morgan fingerprint density at radius 2 is 2.25 bits per heavy atom. The van der Waals surface area contributed by atoms with Crippen molar-refractivity contribution < 1.29 is 4.79 Å². The van der Waals surface area contributed by atoms with Gasteiger partial charge in [0.2, 0.25) is 5.91 Å². The summed E-state index contributed by atoms with van der Waals surface area (Å²) in [6.07, 6.45) is 1.64. The topological polar surface area (TPSA) is 54.0 Å². The Balaban J connectivity index is 2.75. The SMILES string of the molecule is CCNC(C)(C)C(=O)Nc1ncccc1Br. The lowest BCUT2D eigenvalue weighted by Gasteiger charge is -2.24. The third-order valence-corrected chi connectivity index (χ3v) is 2.82. The van der Waals surface area contributed by atoms with Crippen molar-refractivity contribution in [2.24, 2.45) is 0 Å². The Kier molecular flexibility index (Phi) is 4.44. The van der Waals surface area contributed by atoms with E-state index >= 15 is 0 Å². The first-order valence-corrected chi connectivity index (χ1v) is 5.93. The van der Waals surface area contributed by atoms with Crippen LogP contribution >= 0.6 is 15.9 Å². The van der Waals surface area contributed by atoms with Gasteiger partial charge < -0.3 is 10.6 Å². The second-order valence-corrected chi connectivity index (χ2v) is 4.80. The van der Waals surface area contributed by atoms with E-state index in [1.165, 1.54) is 0 Å². The molecule has 0 saturated carbocycles. The lowest BCUT2D eigenvalue weighted by Crippen LogP contribution is -2.49. The quantitative estimate of drug-likeness (QED) is 0.892. The fourth-order valence-electron chi connectivity index (χ4n) is 1.26. The van der Waals surface area contributed by atoms with Crippen LogP contribution in [0, 0.1) is 0 Å². The van der Waals surface area contributed by atoms with Gasteiger partial charge in [-0.2, -0.15) is 0 Å². The molecule has 0 aliphatic heterocycles. The highest BCUT2D eigenvalue weighted by atomic mass is 79.9. The van der Waals surface area contributed by atoms with E-state index in [2.05, 4.69) is 31.5 Å². The van der Waals surface area contributed by atoms with Crippen LogP contribution < -0.4 is 10.6 Å². The van der Waals surface area contributed by atoms with Crippen LogP contribution in [0.3, 0.4) is 0 Å². The molecule has 0 atom stereocenters. The smallest absolute Gasteiger partial charge is 0.245 e. The van der Waals surface area contributed by atoms with Crippen LogP contribution in [0.4, 0.5) is 5.82 Å². The van der Waals surface area contributed by atoms with Crippen molar-refractivity contribution in [2.45, 2.75) is 26.3 Å². The van der Waals surface area contributed by atoms with Crippen molar-refractivity contribution in [2.75, 3.05) is 11.9 Å². The number of hydrogen-bond donors (Lipinski definition) is 2. The van der Waals surface area contributed by atoms with Gasteiger partial charge in [-0.1, -0.05) is 6.92 Å². The lowest BCUT2D eigenvalue weighted by molar-refractivity contribution is -0.121. The summed E-state index contributed by atoms with van der Waals surface area (Å²) in [5.74, 6) is 0.437. The number of carbonyl (C=O) groups is 1. The molecule has 88 valence electrons. The summed E-state index contributed by atoms with van der Waals surface area (Å²) < 4.78 is 0.774. The van der Waals surface area contributed by atoms with Gasteiger partial charge >= 0.3 is 0 Å². The number of anilines is 1. The monoisotopic (exact) mass is 285 g/mol. The molecule has 4 nitrogen and oxygen atoms in total. The molecule has 1 aromatic rings. The van der Waals surface area contributed by atoms with E-state index in [1.54, 1.807) is 12.3 Å². The van der Waals surface area contributed by atoms with Gasteiger partial charge in [-0.15, -0.1) is 0 Å². The first-order chi connectivity index (χ1) is 7.47. The molecule has 0 unspecified atom stereocenters. The van der Waals surface area contributed by atoms with Crippen molar-refractivity contribution in [3.05, 3.63) is 22.8 Å². The van der Waals surface area contributed by atoms with Gasteiger partial charge in [0, 0.05) is 6.20 Å². The van der Waals surface area contributed by atoms with Crippen LogP contribution in [-0.2, 0) is 4.79 Å². The van der Waals surface area contributed by atoms with Crippen LogP contribution in [0.5, 0.6) is 0 Å². The number of hydrogen-bond acceptors (Lipinski definition) is 3. The van der Waals surface area contributed by atoms with Crippen LogP contribution in [0.2, 0.25) is 0 Å². The zero-order chi connectivity index (χ0) is 12.2. The van der Waals surface area contributed by atoms with Crippen molar-refractivity contribution in [1.82, 2.24) is 10.3 Å². The minimum atomic E-state index is -0.605. The minimum absolute atomic E-state index is 0.103. The maximum absolute atomic E-state index is 11.9. The summed E-state index contributed by atoms with van der Waals surface area (Å²) in [5, 5.41) is 5.88. The zero-order valence-corrected chi connectivity index (χ0v) is 11.3. The number of likely N-dealkylation sites (N-methyl/N-ethyl adjacent to an activating group) is 1. The highest BCUT2D eigenvalue weighted by molar-refractivity contribution is 9.10. The average Bonchev–Trinajstić information content (AvgIpc) is 2.21. The number of carbonyl (C=O) groups excluding carboxylic acids is 1. The Bertz CT molecular complexity index is 379. The number of aromatic nitrogens is 1. The molecule has 0 aliphatic carbocycles. The van der Waals surface area contributed by atoms with Crippen LogP contribution in [0.15, 0.2) is 22.8 Å². The van der Waals surface area contributed by atoms with E-state index in [0.29, 0.717) is 5.82 Å². The maximum atomic E-state index is 11.9. The second kappa shape index (κ2) is 5.41. The van der Waals surface area contributed by atoms with Crippen molar-refractivity contribution in [3.8, 4) is 0 Å². The molecular formula is C11H16BrN3O. The Morgan fingerprint density at radius 3 is 2.81 bits per heavy atom. The summed E-state index contributed by atoms with van der Waals surface area (Å²) >= 11 is 3.33. The molecule has 0 fully saturated rings. The van der Waals surface area contributed by atoms with Crippen LogP contribution in [-0.4, -0.2) is 23.0 Å². The highest BCUT2D eigenvalue weighted by Crippen LogP contribution is 2.19. The van der Waals surface area contributed by atoms with Crippen LogP contribution in [0.25, 0.3) is 0 Å². The number of halogens is 1. The first kappa shape index (κ1) is 13.1. The molecule has 1 heterocycles. The normalized spacial score (nSPS) is 11.2. The predicted octanol–water partition coefficient (Wildman–Crippen LogP) is 2.17. The third-order valence-electron chi connectivity index (χ3n) is 2.18. The Morgan fingerprint density at radius 1 is 1.56 bits per heavy atom. The molecule has 0 spiro atoms. The van der Waals surface area contributed by atoms with Crippen LogP contribution in [0.1, 0.15) is 20.8 Å². The molecule has 0 aromatic carbocycles. The molecule has 5 heteroatoms. The molecule has 1 aromatic heterocycles. The molecule has 0 radical (unpaired) electrons. The Hall–Kier alpha value is -0.940. The van der Waals surface area contributed by atoms with Gasteiger partial charge in [0.05, 0.1) is 10.0 Å². The lowest BCUT2D eigenvalue weighted by atomic mass is 10.0. The van der Waals surface area contributed by atoms with Gasteiger partial charge in [-0.05, 0) is 48.5 Å². The number of amides is 1. The molecule has 0 aliphatic rings. The number of pyridine rings is 1. The van der Waals surface area contributed by atoms with Gasteiger partial charge in [0.15, 0.2) is 0 Å². The molecule has 0 bridgehead atoms. The standard InChI is InChI=1S/C11H16BrN3O/c1-4-14-11(2,3)10(16)15-9-8(12)6-5-7-13-9/h5-7,14H,4H2,1-3H3,(H,13,15,16). The van der Waals surface area contributed by atoms with Crippen molar-refractivity contribution >= 4 is 27.7 Å². The van der Waals surface area contributed by atoms with Crippen molar-refractivity contribution in [3.63, 3.8) is 0 Å². The van der Waals surface area contributed by atoms with Crippen molar-refractivity contribution in [1.29, 1.82) is 0 Å². The third kappa shape index (κ3) is 3.28. The van der Waals surface area contributed by atoms with Gasteiger partial charge in [-0.25, -0.2) is 4.98 Å². The summed E-state index contributed by atoms with van der Waals surface area (Å²) in [6, 6.07) is 3.64. The molecular weight excluding hydrogens is 270 g/mol. The molecule has 0 saturated heterocycles. The van der Waals surface area contributed by atoms with E-state index in [4.69, 9.17) is 0 Å². The van der Waals surface area contributed by atoms with E-state index in [1.807, 2.05) is 26.8 Å². The van der Waals surface area contributed by atoms with E-state index < -0.39 is 5.54 Å². The molecule has 1 rings (SSSR count). The van der Waals surface area contributed by atoms with Gasteiger partial charge in [-0.3, -0.25) is 4.79 Å². The Labute approximate surface area is 104 Å². The predicted molar refractivity (Wildman–Crippen MR) is 68.3 cm³/mol. The van der Waals surface area contributed by atoms with E-state index in [-0.39, 0.29) is 5.91 Å². The van der Waals surface area contributed by atoms with Gasteiger partial charge in [0.25, 0.3) is 0 Å². The van der Waals surface area contributed by atoms with E-state index in [9.17, 15) is 4.79 Å². The maximum Gasteiger partial charge on any atom is 0.245 e. The first-order valence-electron chi connectivity index (χ1n) is 5.14. The van der Waals surface area contributed by atoms with Gasteiger partial charge in [0.1, 0.15) is 5.82 Å². The molecule has 1 amide bonds. The average molecular weight is 286 g/mol. The summed E-state index contributed by atoms with van der Waals surface area (Å²) in [6.45, 7) is 6.38. The zero-order valence-electron chi connectivity index (χ0n) is 9.67. The summed E-state index contributed by atoms with van der Waals surface area (Å²) in [4.78, 5) is 16.0. The summed E-state index contributed by atoms with van der Waals surface area (Å²) in [7, 11) is 0. The fourth-order valence-corrected chi connectivity index (χ4v) is 1.62. The second-order valence-electron chi connectivity index (χ2n) is 3.94. The largest absolute Gasteiger partial charge is 0.308 e. The van der Waals surface area contributed by atoms with E-state index in [0.717, 1.165) is 11.0 Å². The summed E-state index contributed by atoms with van der Waals surface area (Å²) in [5.41, 5.74) is -0.605. The number of rotatable bonds is 4. The number of nitrogens with zero attached hydrogens (tertiary/aromatic N) is 1. The molecule has 16 heavy (non-hydrogen) atoms. The highest BCUT2D eigenvalue weighted by Gasteiger charge is 2.26. The minimum Gasteiger partial charge on any atom is -0.308 e.